The summed E-state index contributed by atoms with van der Waals surface area (Å²) in [5, 5.41) is 7.11. The Morgan fingerprint density at radius 2 is 0.444 bits per heavy atom. The van der Waals surface area contributed by atoms with Crippen molar-refractivity contribution in [1.29, 1.82) is 0 Å². The van der Waals surface area contributed by atoms with E-state index < -0.39 is 0 Å². The molecule has 0 saturated heterocycles. The Morgan fingerprint density at radius 3 is 0.796 bits per heavy atom. The number of fused-ring (bicyclic) bond motifs is 17. The second-order valence-corrected chi connectivity index (χ2v) is 33.5. The zero-order valence-corrected chi connectivity index (χ0v) is 63.8. The van der Waals surface area contributed by atoms with E-state index in [1.165, 1.54) is 183 Å². The standard InChI is InChI=1S/C106H86N2/c1-63-29-41-73(42-30-63)107(74-43-31-64(2)32-44-74)101-61-89-76-22-14-16-26-86(76)102(62-90(89)75-21-13-15-25-85(75)101)108(99-51-33-65(3)53-87(99)71-39-49-83-81-47-37-69(57-95(81)105(9,10)97(83)59-71)67-35-45-79-77-23-17-19-27-91(77)103(5,6)93(79)55-67)100-52-34-66(4)54-88(100)72-40-50-84-82-48-38-70(58-96(82)106(11,12)98(84)60-72)68-36-46-80-78-24-18-20-28-92(78)104(7,8)94(80)56-68/h13-62H,1-12H3. The SMILES string of the molecule is Cc1ccc(N(c2ccc(C)cc2)c2cc3c4ccccc4c(N(c4ccc(C)cc4-c4ccc5c(c4)C(C)(C)c4cc(-c6ccc7c(c6)C(C)(C)c6ccccc6-7)ccc4-5)c4ccc(C)cc4-c4ccc5c(c4)C(C)(C)c4cc(-c6ccc7c(c6)C(C)(C)c6ccccc6-7)ccc4-5)cc3c3ccccc23)cc1. The van der Waals surface area contributed by atoms with E-state index in [0.29, 0.717) is 0 Å². The van der Waals surface area contributed by atoms with E-state index in [2.05, 4.69) is 396 Å². The normalized spacial score (nSPS) is 14.6. The first-order valence-corrected chi connectivity index (χ1v) is 38.6. The molecule has 0 fully saturated rings. The number of nitrogens with zero attached hydrogens (tertiary/aromatic N) is 2. The number of hydrogen-bond donors (Lipinski definition) is 0. The highest BCUT2D eigenvalue weighted by atomic mass is 15.2. The fourth-order valence-electron chi connectivity index (χ4n) is 19.6. The molecule has 520 valence electrons. The van der Waals surface area contributed by atoms with Crippen molar-refractivity contribution in [2.45, 2.75) is 105 Å². The number of benzene rings is 16. The molecule has 2 heteroatoms. The van der Waals surface area contributed by atoms with Crippen LogP contribution < -0.4 is 9.80 Å². The minimum Gasteiger partial charge on any atom is -0.310 e. The predicted molar refractivity (Wildman–Crippen MR) is 459 cm³/mol. The van der Waals surface area contributed by atoms with E-state index in [9.17, 15) is 0 Å². The molecule has 16 aromatic rings. The van der Waals surface area contributed by atoms with Gasteiger partial charge in [0.05, 0.1) is 22.7 Å². The van der Waals surface area contributed by atoms with E-state index in [1.54, 1.807) is 0 Å². The molecule has 0 saturated carbocycles. The average Bonchev–Trinajstić information content (AvgIpc) is 1.28. The molecule has 0 aromatic heterocycles. The third-order valence-electron chi connectivity index (χ3n) is 25.5. The summed E-state index contributed by atoms with van der Waals surface area (Å²) >= 11 is 0. The fourth-order valence-corrected chi connectivity index (χ4v) is 19.6. The molecule has 0 radical (unpaired) electrons. The van der Waals surface area contributed by atoms with Crippen molar-refractivity contribution in [2.24, 2.45) is 0 Å². The van der Waals surface area contributed by atoms with Gasteiger partial charge in [-0.2, -0.15) is 0 Å². The molecule has 2 nitrogen and oxygen atoms in total. The van der Waals surface area contributed by atoms with Crippen LogP contribution in [-0.2, 0) is 21.7 Å². The monoisotopic (exact) mass is 1390 g/mol. The van der Waals surface area contributed by atoms with Crippen LogP contribution in [0, 0.1) is 27.7 Å². The van der Waals surface area contributed by atoms with Crippen molar-refractivity contribution in [3.05, 3.63) is 370 Å². The zero-order valence-electron chi connectivity index (χ0n) is 63.8. The van der Waals surface area contributed by atoms with Crippen molar-refractivity contribution < 1.29 is 0 Å². The maximum atomic E-state index is 2.64. The van der Waals surface area contributed by atoms with Gasteiger partial charge in [-0.15, -0.1) is 0 Å². The lowest BCUT2D eigenvalue weighted by molar-refractivity contribution is 0.659. The highest BCUT2D eigenvalue weighted by Crippen LogP contribution is 2.58. The molecule has 4 aliphatic carbocycles. The fraction of sp³-hybridized carbons (Fsp3) is 0.151. The second kappa shape index (κ2) is 23.7. The molecule has 0 amide bonds. The van der Waals surface area contributed by atoms with Crippen LogP contribution in [0.15, 0.2) is 303 Å². The van der Waals surface area contributed by atoms with Crippen LogP contribution >= 0.6 is 0 Å². The molecular weight excluding hydrogens is 1300 g/mol. The second-order valence-electron chi connectivity index (χ2n) is 33.5. The first kappa shape index (κ1) is 65.4. The van der Waals surface area contributed by atoms with Gasteiger partial charge in [0.15, 0.2) is 0 Å². The Bertz CT molecular complexity index is 6210. The van der Waals surface area contributed by atoms with Crippen LogP contribution in [0.4, 0.5) is 34.1 Å². The molecule has 0 N–H and O–H groups in total. The van der Waals surface area contributed by atoms with Gasteiger partial charge in [-0.25, -0.2) is 0 Å². The van der Waals surface area contributed by atoms with E-state index in [-0.39, 0.29) is 21.7 Å². The molecule has 0 bridgehead atoms. The molecule has 20 rings (SSSR count). The summed E-state index contributed by atoms with van der Waals surface area (Å²) in [7, 11) is 0. The summed E-state index contributed by atoms with van der Waals surface area (Å²) in [4.78, 5) is 5.10. The average molecular weight is 1390 g/mol. The number of hydrogen-bond acceptors (Lipinski definition) is 2. The Labute approximate surface area is 635 Å². The summed E-state index contributed by atoms with van der Waals surface area (Å²) in [5.74, 6) is 0. The van der Waals surface area contributed by atoms with Gasteiger partial charge < -0.3 is 9.80 Å². The number of anilines is 6. The molecule has 0 atom stereocenters. The van der Waals surface area contributed by atoms with Crippen LogP contribution in [0.1, 0.15) is 122 Å². The minimum absolute atomic E-state index is 0.0862. The maximum Gasteiger partial charge on any atom is 0.0547 e. The van der Waals surface area contributed by atoms with Crippen molar-refractivity contribution in [3.63, 3.8) is 0 Å². The summed E-state index contributed by atoms with van der Waals surface area (Å²) < 4.78 is 0. The largest absolute Gasteiger partial charge is 0.310 e. The van der Waals surface area contributed by atoms with E-state index in [1.807, 2.05) is 0 Å². The maximum absolute atomic E-state index is 2.64. The lowest BCUT2D eigenvalue weighted by atomic mass is 9.79. The predicted octanol–water partition coefficient (Wildman–Crippen LogP) is 29.2. The van der Waals surface area contributed by atoms with E-state index in [4.69, 9.17) is 0 Å². The first-order chi connectivity index (χ1) is 52.2. The third-order valence-corrected chi connectivity index (χ3v) is 25.5. The molecule has 0 aliphatic heterocycles. The molecule has 0 heterocycles. The van der Waals surface area contributed by atoms with Gasteiger partial charge in [-0.05, 0) is 269 Å². The van der Waals surface area contributed by atoms with Crippen LogP contribution in [0.5, 0.6) is 0 Å². The van der Waals surface area contributed by atoms with Crippen LogP contribution in [0.3, 0.4) is 0 Å². The van der Waals surface area contributed by atoms with Gasteiger partial charge in [-0.1, -0.05) is 284 Å². The van der Waals surface area contributed by atoms with Crippen molar-refractivity contribution >= 4 is 66.4 Å². The Hall–Kier alpha value is -12.1. The Balaban J connectivity index is 0.763. The molecule has 16 aromatic carbocycles. The van der Waals surface area contributed by atoms with Crippen LogP contribution in [0.25, 0.3) is 121 Å². The van der Waals surface area contributed by atoms with E-state index in [0.717, 1.165) is 39.5 Å². The van der Waals surface area contributed by atoms with Gasteiger partial charge in [0, 0.05) is 54.9 Å². The van der Waals surface area contributed by atoms with Crippen LogP contribution in [-0.4, -0.2) is 0 Å². The third kappa shape index (κ3) is 9.78. The number of aryl methyl sites for hydroxylation is 4. The van der Waals surface area contributed by atoms with Gasteiger partial charge in [0.2, 0.25) is 0 Å². The molecule has 0 unspecified atom stereocenters. The van der Waals surface area contributed by atoms with Gasteiger partial charge >= 0.3 is 0 Å². The lowest BCUT2D eigenvalue weighted by Gasteiger charge is -2.33. The van der Waals surface area contributed by atoms with Crippen molar-refractivity contribution in [2.75, 3.05) is 9.80 Å². The smallest absolute Gasteiger partial charge is 0.0547 e. The Morgan fingerprint density at radius 1 is 0.176 bits per heavy atom. The van der Waals surface area contributed by atoms with Crippen LogP contribution in [0.2, 0.25) is 0 Å². The summed E-state index contributed by atoms with van der Waals surface area (Å²) in [6.45, 7) is 28.1. The summed E-state index contributed by atoms with van der Waals surface area (Å²) in [6, 6.07) is 117. The molecule has 4 aliphatic rings. The molecule has 108 heavy (non-hydrogen) atoms. The lowest BCUT2D eigenvalue weighted by Crippen LogP contribution is -2.16. The summed E-state index contributed by atoms with van der Waals surface area (Å²) in [6.07, 6.45) is 0. The number of rotatable bonds is 10. The first-order valence-electron chi connectivity index (χ1n) is 38.6. The highest BCUT2D eigenvalue weighted by Gasteiger charge is 2.41. The highest BCUT2D eigenvalue weighted by molar-refractivity contribution is 6.25. The van der Waals surface area contributed by atoms with E-state index >= 15 is 0 Å². The van der Waals surface area contributed by atoms with Crippen molar-refractivity contribution in [3.8, 4) is 89.0 Å². The Kier molecular flexibility index (Phi) is 14.4. The minimum atomic E-state index is -0.297. The van der Waals surface area contributed by atoms with Gasteiger partial charge in [0.25, 0.3) is 0 Å². The zero-order chi connectivity index (χ0) is 73.6. The quantitative estimate of drug-likeness (QED) is 0.126. The molecular formula is C106H86N2. The topological polar surface area (TPSA) is 6.48 Å². The molecule has 0 spiro atoms. The van der Waals surface area contributed by atoms with Crippen molar-refractivity contribution in [1.82, 2.24) is 0 Å². The summed E-state index contributed by atoms with van der Waals surface area (Å²) in [5.41, 5.74) is 42.2. The van der Waals surface area contributed by atoms with Gasteiger partial charge in [-0.3, -0.25) is 0 Å². The van der Waals surface area contributed by atoms with Gasteiger partial charge in [0.1, 0.15) is 0 Å².